The standard InChI is InChI=1S/C48H92NO13P/c1-4-7-10-13-16-19-20-23-26-29-32-35-43(54)60-47-45(49-42(53)36-39(51)33-30-27-24-21-17-14-11-8-5-2)48(59-41(38-50)46(47)62-63(56,57)58)61-44(55)37-40(52)34-31-28-25-22-18-15-12-9-6-3/h39-41,45-48,50-52H,4-38H2,1-3H3,(H,49,53)(H2,56,57,58)/t39-,40-,41-,45-,46-,47-,48-/m1/s1. The number of hydrogen-bond donors (Lipinski definition) is 6. The van der Waals surface area contributed by atoms with E-state index in [0.29, 0.717) is 32.1 Å². The van der Waals surface area contributed by atoms with Crippen molar-refractivity contribution in [1.29, 1.82) is 0 Å². The predicted octanol–water partition coefficient (Wildman–Crippen LogP) is 10.2. The molecule has 0 aromatic carbocycles. The summed E-state index contributed by atoms with van der Waals surface area (Å²) in [6, 6.07) is -1.54. The Kier molecular flexibility index (Phi) is 36.3. The van der Waals surface area contributed by atoms with Crippen molar-refractivity contribution in [2.24, 2.45) is 0 Å². The first-order valence-corrected chi connectivity index (χ1v) is 26.9. The molecule has 0 bridgehead atoms. The number of ether oxygens (including phenoxy) is 3. The summed E-state index contributed by atoms with van der Waals surface area (Å²) in [5.74, 6) is -2.33. The topological polar surface area (TPSA) is 218 Å². The molecule has 0 aliphatic carbocycles. The summed E-state index contributed by atoms with van der Waals surface area (Å²) in [4.78, 5) is 59.9. The number of aliphatic hydroxyl groups excluding tert-OH is 3. The summed E-state index contributed by atoms with van der Waals surface area (Å²) in [6.07, 6.45) is 22.7. The Bertz CT molecular complexity index is 1190. The van der Waals surface area contributed by atoms with Crippen LogP contribution >= 0.6 is 7.82 Å². The minimum absolute atomic E-state index is 0.0333. The average molecular weight is 922 g/mol. The number of unbranched alkanes of at least 4 members (excludes halogenated alkanes) is 26. The van der Waals surface area contributed by atoms with E-state index in [1.165, 1.54) is 103 Å². The van der Waals surface area contributed by atoms with E-state index in [0.717, 1.165) is 64.2 Å². The van der Waals surface area contributed by atoms with Gasteiger partial charge in [-0.05, 0) is 19.3 Å². The van der Waals surface area contributed by atoms with Gasteiger partial charge in [0.15, 0.2) is 6.10 Å². The summed E-state index contributed by atoms with van der Waals surface area (Å²) < 4.78 is 34.6. The molecule has 0 spiro atoms. The zero-order valence-corrected chi connectivity index (χ0v) is 40.6. The third-order valence-corrected chi connectivity index (χ3v) is 12.5. The number of aliphatic hydroxyl groups is 3. The first kappa shape index (κ1) is 59.4. The quantitative estimate of drug-likeness (QED) is 0.0191. The molecule has 1 saturated heterocycles. The van der Waals surface area contributed by atoms with Gasteiger partial charge in [0.1, 0.15) is 18.2 Å². The lowest BCUT2D eigenvalue weighted by Gasteiger charge is -2.44. The van der Waals surface area contributed by atoms with Crippen molar-refractivity contribution in [3.63, 3.8) is 0 Å². The van der Waals surface area contributed by atoms with E-state index < -0.39 is 81.5 Å². The van der Waals surface area contributed by atoms with Gasteiger partial charge < -0.3 is 44.6 Å². The van der Waals surface area contributed by atoms with Crippen LogP contribution in [0.5, 0.6) is 0 Å². The number of carbonyl (C=O) groups excluding carboxylic acids is 3. The SMILES string of the molecule is CCCCCCCCCCCCCC(=O)O[C@@H]1[C@@H](NC(=O)C[C@H](O)CCCCCCCCCCC)[C@@H](OC(=O)C[C@H](O)CCCCCCCCCCC)O[C@H](CO)[C@H]1OP(=O)(O)O. The van der Waals surface area contributed by atoms with Crippen LogP contribution in [0.3, 0.4) is 0 Å². The first-order chi connectivity index (χ1) is 30.3. The Balaban J connectivity index is 3.02. The van der Waals surface area contributed by atoms with Crippen molar-refractivity contribution in [2.75, 3.05) is 6.61 Å². The number of amides is 1. The average Bonchev–Trinajstić information content (AvgIpc) is 3.22. The van der Waals surface area contributed by atoms with Crippen molar-refractivity contribution >= 4 is 25.7 Å². The Morgan fingerprint density at radius 1 is 0.556 bits per heavy atom. The van der Waals surface area contributed by atoms with Crippen molar-refractivity contribution < 1.29 is 62.8 Å². The molecule has 63 heavy (non-hydrogen) atoms. The molecule has 372 valence electrons. The van der Waals surface area contributed by atoms with Crippen molar-refractivity contribution in [1.82, 2.24) is 5.32 Å². The second kappa shape index (κ2) is 38.5. The highest BCUT2D eigenvalue weighted by Gasteiger charge is 2.53. The molecular weight excluding hydrogens is 829 g/mol. The Morgan fingerprint density at radius 2 is 0.952 bits per heavy atom. The molecule has 0 aromatic rings. The van der Waals surface area contributed by atoms with Crippen LogP contribution in [-0.2, 0) is 37.7 Å². The van der Waals surface area contributed by atoms with Crippen LogP contribution in [0.4, 0.5) is 0 Å². The summed E-state index contributed by atoms with van der Waals surface area (Å²) in [5.41, 5.74) is 0. The first-order valence-electron chi connectivity index (χ1n) is 25.4. The smallest absolute Gasteiger partial charge is 0.457 e. The van der Waals surface area contributed by atoms with Crippen LogP contribution < -0.4 is 5.32 Å². The maximum atomic E-state index is 13.5. The number of hydrogen-bond acceptors (Lipinski definition) is 11. The van der Waals surface area contributed by atoms with Gasteiger partial charge in [-0.25, -0.2) is 4.57 Å². The van der Waals surface area contributed by atoms with Crippen LogP contribution in [0.25, 0.3) is 0 Å². The third kappa shape index (κ3) is 31.8. The van der Waals surface area contributed by atoms with E-state index in [2.05, 4.69) is 26.1 Å². The Hall–Kier alpha value is -1.64. The van der Waals surface area contributed by atoms with Gasteiger partial charge >= 0.3 is 19.8 Å². The van der Waals surface area contributed by atoms with Gasteiger partial charge in [0.25, 0.3) is 0 Å². The second-order valence-corrected chi connectivity index (χ2v) is 19.3. The molecule has 14 nitrogen and oxygen atoms in total. The largest absolute Gasteiger partial charge is 0.470 e. The molecule has 0 unspecified atom stereocenters. The number of phosphoric ester groups is 1. The van der Waals surface area contributed by atoms with E-state index >= 15 is 0 Å². The maximum Gasteiger partial charge on any atom is 0.470 e. The van der Waals surface area contributed by atoms with Gasteiger partial charge in [-0.2, -0.15) is 0 Å². The molecule has 7 atom stereocenters. The van der Waals surface area contributed by atoms with Crippen LogP contribution in [0.15, 0.2) is 0 Å². The van der Waals surface area contributed by atoms with E-state index in [-0.39, 0.29) is 12.8 Å². The van der Waals surface area contributed by atoms with Crippen LogP contribution in [0, 0.1) is 0 Å². The highest BCUT2D eigenvalue weighted by atomic mass is 31.2. The molecule has 6 N–H and O–H groups in total. The number of esters is 2. The lowest BCUT2D eigenvalue weighted by molar-refractivity contribution is -0.265. The van der Waals surface area contributed by atoms with E-state index in [1.54, 1.807) is 0 Å². The van der Waals surface area contributed by atoms with Gasteiger partial charge in [-0.3, -0.25) is 18.9 Å². The molecule has 1 amide bonds. The van der Waals surface area contributed by atoms with Gasteiger partial charge in [0.2, 0.25) is 12.2 Å². The fraction of sp³-hybridized carbons (Fsp3) is 0.938. The molecule has 1 rings (SSSR count). The molecule has 1 aliphatic heterocycles. The van der Waals surface area contributed by atoms with Crippen LogP contribution in [0.2, 0.25) is 0 Å². The summed E-state index contributed by atoms with van der Waals surface area (Å²) in [7, 11) is -5.29. The molecule has 15 heteroatoms. The van der Waals surface area contributed by atoms with Gasteiger partial charge in [0, 0.05) is 6.42 Å². The Morgan fingerprint density at radius 3 is 1.37 bits per heavy atom. The van der Waals surface area contributed by atoms with Crippen LogP contribution in [0.1, 0.15) is 239 Å². The summed E-state index contributed by atoms with van der Waals surface area (Å²) >= 11 is 0. The molecule has 0 aromatic heterocycles. The monoisotopic (exact) mass is 922 g/mol. The maximum absolute atomic E-state index is 13.5. The van der Waals surface area contributed by atoms with Crippen molar-refractivity contribution in [2.45, 2.75) is 282 Å². The number of phosphoric acid groups is 1. The van der Waals surface area contributed by atoms with E-state index in [4.69, 9.17) is 18.7 Å². The zero-order valence-electron chi connectivity index (χ0n) is 39.7. The van der Waals surface area contributed by atoms with Gasteiger partial charge in [-0.1, -0.05) is 201 Å². The fourth-order valence-corrected chi connectivity index (χ4v) is 8.86. The highest BCUT2D eigenvalue weighted by molar-refractivity contribution is 7.46. The summed E-state index contributed by atoms with van der Waals surface area (Å²) in [6.45, 7) is 5.70. The molecule has 1 fully saturated rings. The number of rotatable bonds is 42. The lowest BCUT2D eigenvalue weighted by Crippen LogP contribution is -2.66. The lowest BCUT2D eigenvalue weighted by atomic mass is 9.96. The predicted molar refractivity (Wildman–Crippen MR) is 247 cm³/mol. The fourth-order valence-electron chi connectivity index (χ4n) is 8.29. The molecule has 0 saturated carbocycles. The van der Waals surface area contributed by atoms with E-state index in [1.807, 2.05) is 0 Å². The van der Waals surface area contributed by atoms with E-state index in [9.17, 15) is 44.1 Å². The number of carbonyl (C=O) groups is 3. The van der Waals surface area contributed by atoms with Crippen molar-refractivity contribution in [3.05, 3.63) is 0 Å². The third-order valence-electron chi connectivity index (χ3n) is 12.0. The summed E-state index contributed by atoms with van der Waals surface area (Å²) in [5, 5.41) is 34.5. The molecule has 1 aliphatic rings. The zero-order chi connectivity index (χ0) is 46.6. The Labute approximate surface area is 381 Å². The number of nitrogens with one attached hydrogen (secondary N) is 1. The molecular formula is C48H92NO13P. The highest BCUT2D eigenvalue weighted by Crippen LogP contribution is 2.42. The minimum atomic E-state index is -5.29. The molecule has 1 heterocycles. The van der Waals surface area contributed by atoms with Gasteiger partial charge in [0.05, 0.1) is 31.7 Å². The van der Waals surface area contributed by atoms with Crippen LogP contribution in [-0.4, -0.2) is 92.4 Å². The van der Waals surface area contributed by atoms with Gasteiger partial charge in [-0.15, -0.1) is 0 Å². The minimum Gasteiger partial charge on any atom is -0.457 e. The second-order valence-electron chi connectivity index (χ2n) is 18.1. The normalized spacial score (nSPS) is 20.0. The van der Waals surface area contributed by atoms with Crippen molar-refractivity contribution in [3.8, 4) is 0 Å². The molecule has 0 radical (unpaired) electrons.